The van der Waals surface area contributed by atoms with Gasteiger partial charge in [0.2, 0.25) is 5.91 Å². The molecule has 0 rings (SSSR count). The standard InChI is InChI=1S/C23H43NO10/c1-2-3-4-5-6-7-8-23(28)34-18-17-32-16-15-31-14-13-30-12-11-29-10-9-24-21(25)19-33-20-22(26)27/h2-20H2,1H3,(H,24,25)(H,26,27). The third-order valence-electron chi connectivity index (χ3n) is 4.37. The molecule has 0 aromatic carbocycles. The fraction of sp³-hybridized carbons (Fsp3) is 0.870. The zero-order valence-corrected chi connectivity index (χ0v) is 20.6. The Labute approximate surface area is 202 Å². The molecule has 2 N–H and O–H groups in total. The van der Waals surface area contributed by atoms with Crippen molar-refractivity contribution >= 4 is 17.8 Å². The van der Waals surface area contributed by atoms with Gasteiger partial charge in [-0.15, -0.1) is 0 Å². The Morgan fingerprint density at radius 2 is 1.18 bits per heavy atom. The van der Waals surface area contributed by atoms with Crippen LogP contribution in [-0.4, -0.2) is 102 Å². The summed E-state index contributed by atoms with van der Waals surface area (Å²) in [5, 5.41) is 10.9. The van der Waals surface area contributed by atoms with Gasteiger partial charge in [-0.05, 0) is 6.42 Å². The van der Waals surface area contributed by atoms with Crippen LogP contribution >= 0.6 is 0 Å². The average molecular weight is 494 g/mol. The minimum atomic E-state index is -1.12. The molecule has 0 aliphatic heterocycles. The summed E-state index contributed by atoms with van der Waals surface area (Å²) < 4.78 is 31.2. The van der Waals surface area contributed by atoms with E-state index in [1.54, 1.807) is 0 Å². The molecule has 0 atom stereocenters. The quantitative estimate of drug-likeness (QED) is 0.135. The van der Waals surface area contributed by atoms with Gasteiger partial charge in [-0.1, -0.05) is 39.0 Å². The van der Waals surface area contributed by atoms with Crippen LogP contribution in [0.15, 0.2) is 0 Å². The Morgan fingerprint density at radius 3 is 1.76 bits per heavy atom. The molecule has 0 fully saturated rings. The van der Waals surface area contributed by atoms with E-state index in [2.05, 4.69) is 17.0 Å². The molecule has 200 valence electrons. The highest BCUT2D eigenvalue weighted by molar-refractivity contribution is 5.77. The molecule has 0 aromatic rings. The van der Waals surface area contributed by atoms with Gasteiger partial charge in [0, 0.05) is 13.0 Å². The van der Waals surface area contributed by atoms with Gasteiger partial charge in [0.15, 0.2) is 0 Å². The number of rotatable bonds is 26. The molecule has 0 bridgehead atoms. The van der Waals surface area contributed by atoms with Gasteiger partial charge in [0.25, 0.3) is 0 Å². The summed E-state index contributed by atoms with van der Waals surface area (Å²) in [6, 6.07) is 0. The fourth-order valence-electron chi connectivity index (χ4n) is 2.64. The third kappa shape index (κ3) is 26.5. The van der Waals surface area contributed by atoms with Crippen LogP contribution in [0.5, 0.6) is 0 Å². The second-order valence-electron chi connectivity index (χ2n) is 7.42. The van der Waals surface area contributed by atoms with Gasteiger partial charge >= 0.3 is 11.9 Å². The molecule has 0 aliphatic carbocycles. The number of carbonyl (C=O) groups is 3. The van der Waals surface area contributed by atoms with Crippen LogP contribution < -0.4 is 5.32 Å². The van der Waals surface area contributed by atoms with Crippen molar-refractivity contribution in [2.75, 3.05) is 79.2 Å². The number of esters is 1. The number of nitrogens with one attached hydrogen (secondary N) is 1. The van der Waals surface area contributed by atoms with E-state index in [1.165, 1.54) is 25.7 Å². The Hall–Kier alpha value is -1.79. The van der Waals surface area contributed by atoms with Gasteiger partial charge in [-0.2, -0.15) is 0 Å². The lowest BCUT2D eigenvalue weighted by Gasteiger charge is -2.08. The molecule has 11 heteroatoms. The van der Waals surface area contributed by atoms with E-state index in [4.69, 9.17) is 28.8 Å². The highest BCUT2D eigenvalue weighted by atomic mass is 16.6. The van der Waals surface area contributed by atoms with E-state index in [-0.39, 0.29) is 19.2 Å². The molecular formula is C23H43NO10. The molecule has 0 spiro atoms. The topological polar surface area (TPSA) is 139 Å². The maximum absolute atomic E-state index is 11.6. The first-order chi connectivity index (χ1) is 16.6. The highest BCUT2D eigenvalue weighted by Crippen LogP contribution is 2.07. The molecular weight excluding hydrogens is 450 g/mol. The van der Waals surface area contributed by atoms with E-state index in [1.807, 2.05) is 0 Å². The predicted molar refractivity (Wildman–Crippen MR) is 124 cm³/mol. The van der Waals surface area contributed by atoms with Crippen molar-refractivity contribution in [2.45, 2.75) is 51.9 Å². The van der Waals surface area contributed by atoms with Crippen molar-refractivity contribution in [3.05, 3.63) is 0 Å². The summed E-state index contributed by atoms with van der Waals surface area (Å²) in [5.41, 5.74) is 0. The van der Waals surface area contributed by atoms with Crippen LogP contribution in [0, 0.1) is 0 Å². The van der Waals surface area contributed by atoms with E-state index < -0.39 is 18.5 Å². The summed E-state index contributed by atoms with van der Waals surface area (Å²) in [5.74, 6) is -1.68. The number of hydrogen-bond acceptors (Lipinski definition) is 9. The van der Waals surface area contributed by atoms with Crippen molar-refractivity contribution in [3.63, 3.8) is 0 Å². The van der Waals surface area contributed by atoms with Crippen LogP contribution in [0.2, 0.25) is 0 Å². The van der Waals surface area contributed by atoms with Gasteiger partial charge in [-0.25, -0.2) is 4.79 Å². The van der Waals surface area contributed by atoms with Crippen molar-refractivity contribution < 1.29 is 47.9 Å². The van der Waals surface area contributed by atoms with Crippen LogP contribution in [0.3, 0.4) is 0 Å². The molecule has 1 amide bonds. The number of aliphatic carboxylic acids is 1. The molecule has 0 radical (unpaired) electrons. The summed E-state index contributed by atoms with van der Waals surface area (Å²) in [4.78, 5) is 33.1. The number of ether oxygens (including phenoxy) is 6. The Kier molecular flexibility index (Phi) is 24.5. The Balaban J connectivity index is 3.19. The normalized spacial score (nSPS) is 10.9. The molecule has 34 heavy (non-hydrogen) atoms. The second-order valence-corrected chi connectivity index (χ2v) is 7.42. The number of amides is 1. The largest absolute Gasteiger partial charge is 0.480 e. The number of carboxylic acids is 1. The minimum Gasteiger partial charge on any atom is -0.480 e. The maximum atomic E-state index is 11.6. The number of unbranched alkanes of at least 4 members (excludes halogenated alkanes) is 5. The number of hydrogen-bond donors (Lipinski definition) is 2. The average Bonchev–Trinajstić information content (AvgIpc) is 2.80. The highest BCUT2D eigenvalue weighted by Gasteiger charge is 2.04. The fourth-order valence-corrected chi connectivity index (χ4v) is 2.64. The van der Waals surface area contributed by atoms with E-state index in [9.17, 15) is 14.4 Å². The summed E-state index contributed by atoms with van der Waals surface area (Å²) in [7, 11) is 0. The lowest BCUT2D eigenvalue weighted by molar-refractivity contribution is -0.146. The maximum Gasteiger partial charge on any atom is 0.329 e. The van der Waals surface area contributed by atoms with Crippen molar-refractivity contribution in [1.82, 2.24) is 5.32 Å². The van der Waals surface area contributed by atoms with Crippen molar-refractivity contribution in [3.8, 4) is 0 Å². The van der Waals surface area contributed by atoms with E-state index in [0.717, 1.165) is 12.8 Å². The summed E-state index contributed by atoms with van der Waals surface area (Å²) >= 11 is 0. The van der Waals surface area contributed by atoms with Gasteiger partial charge in [-0.3, -0.25) is 9.59 Å². The first kappa shape index (κ1) is 32.2. The lowest BCUT2D eigenvalue weighted by atomic mass is 10.1. The second kappa shape index (κ2) is 25.8. The zero-order valence-electron chi connectivity index (χ0n) is 20.6. The number of carboxylic acid groups (broad SMARTS) is 1. The Bertz CT molecular complexity index is 504. The lowest BCUT2D eigenvalue weighted by Crippen LogP contribution is -2.31. The molecule has 0 aliphatic rings. The van der Waals surface area contributed by atoms with Crippen LogP contribution in [0.1, 0.15) is 51.9 Å². The molecule has 11 nitrogen and oxygen atoms in total. The minimum absolute atomic E-state index is 0.163. The van der Waals surface area contributed by atoms with Crippen LogP contribution in [-0.2, 0) is 42.8 Å². The third-order valence-corrected chi connectivity index (χ3v) is 4.37. The monoisotopic (exact) mass is 493 g/mol. The zero-order chi connectivity index (χ0) is 25.1. The van der Waals surface area contributed by atoms with Crippen LogP contribution in [0.25, 0.3) is 0 Å². The smallest absolute Gasteiger partial charge is 0.329 e. The molecule has 0 saturated carbocycles. The first-order valence-corrected chi connectivity index (χ1v) is 12.1. The van der Waals surface area contributed by atoms with E-state index in [0.29, 0.717) is 65.8 Å². The predicted octanol–water partition coefficient (Wildman–Crippen LogP) is 1.56. The molecule has 0 unspecified atom stereocenters. The van der Waals surface area contributed by atoms with E-state index >= 15 is 0 Å². The molecule has 0 heterocycles. The molecule has 0 saturated heterocycles. The first-order valence-electron chi connectivity index (χ1n) is 12.1. The van der Waals surface area contributed by atoms with Crippen molar-refractivity contribution in [1.29, 1.82) is 0 Å². The van der Waals surface area contributed by atoms with Gasteiger partial charge in [0.1, 0.15) is 19.8 Å². The van der Waals surface area contributed by atoms with Gasteiger partial charge < -0.3 is 38.8 Å². The SMILES string of the molecule is CCCCCCCCC(=O)OCCOCCOCCOCCOCCNC(=O)COCC(=O)O. The number of carbonyl (C=O) groups excluding carboxylic acids is 2. The Morgan fingerprint density at radius 1 is 0.647 bits per heavy atom. The van der Waals surface area contributed by atoms with Crippen molar-refractivity contribution in [2.24, 2.45) is 0 Å². The molecule has 0 aromatic heterocycles. The van der Waals surface area contributed by atoms with Crippen LogP contribution in [0.4, 0.5) is 0 Å². The summed E-state index contributed by atoms with van der Waals surface area (Å²) in [6.07, 6.45) is 7.34. The van der Waals surface area contributed by atoms with Gasteiger partial charge in [0.05, 0.1) is 52.9 Å². The summed E-state index contributed by atoms with van der Waals surface area (Å²) in [6.45, 7) is 5.12.